The molecule has 0 amide bonds. The number of hydrogen-bond acceptors (Lipinski definition) is 4. The van der Waals surface area contributed by atoms with Crippen molar-refractivity contribution in [2.24, 2.45) is 0 Å². The van der Waals surface area contributed by atoms with Crippen LogP contribution in [0.25, 0.3) is 33.0 Å². The average Bonchev–Trinajstić information content (AvgIpc) is 3.36. The Balaban J connectivity index is 1.76. The van der Waals surface area contributed by atoms with E-state index in [9.17, 15) is 9.59 Å². The maximum absolute atomic E-state index is 12.9. The topological polar surface area (TPSA) is 66.3 Å². The molecule has 0 aliphatic heterocycles. The molecule has 0 fully saturated rings. The van der Waals surface area contributed by atoms with Gasteiger partial charge in [-0.15, -0.1) is 0 Å². The van der Waals surface area contributed by atoms with E-state index in [0.29, 0.717) is 22.3 Å². The first kappa shape index (κ1) is 17.6. The SMILES string of the molecule is CN(C)Cc1ccc2occ(C3=C(c4c[nH]c5ccccc45)C(=O)CC3=O)c2c1. The van der Waals surface area contributed by atoms with Gasteiger partial charge in [-0.1, -0.05) is 24.3 Å². The van der Waals surface area contributed by atoms with Crippen molar-refractivity contribution in [3.8, 4) is 0 Å². The highest BCUT2D eigenvalue weighted by molar-refractivity contribution is 6.52. The van der Waals surface area contributed by atoms with E-state index in [1.165, 1.54) is 0 Å². The Morgan fingerprint density at radius 2 is 1.72 bits per heavy atom. The first-order chi connectivity index (χ1) is 14.0. The summed E-state index contributed by atoms with van der Waals surface area (Å²) in [5.41, 5.74) is 5.17. The van der Waals surface area contributed by atoms with Gasteiger partial charge in [0.25, 0.3) is 0 Å². The molecule has 0 spiro atoms. The van der Waals surface area contributed by atoms with Gasteiger partial charge in [0.2, 0.25) is 0 Å². The predicted octanol–water partition coefficient (Wildman–Crippen LogP) is 4.43. The average molecular weight is 384 g/mol. The molecule has 1 aliphatic carbocycles. The Labute approximate surface area is 167 Å². The number of aromatic nitrogens is 1. The summed E-state index contributed by atoms with van der Waals surface area (Å²) >= 11 is 0. The molecular weight excluding hydrogens is 364 g/mol. The maximum Gasteiger partial charge on any atom is 0.172 e. The van der Waals surface area contributed by atoms with Crippen LogP contribution in [-0.4, -0.2) is 35.5 Å². The molecule has 0 saturated heterocycles. The Bertz CT molecular complexity index is 1320. The van der Waals surface area contributed by atoms with Gasteiger partial charge in [0, 0.05) is 51.3 Å². The number of carbonyl (C=O) groups is 2. The summed E-state index contributed by atoms with van der Waals surface area (Å²) in [5.74, 6) is -0.301. The van der Waals surface area contributed by atoms with E-state index in [1.807, 2.05) is 62.8 Å². The molecule has 0 radical (unpaired) electrons. The Morgan fingerprint density at radius 1 is 0.966 bits per heavy atom. The Hall–Kier alpha value is -3.44. The molecular formula is C24H20N2O3. The van der Waals surface area contributed by atoms with Gasteiger partial charge in [0.1, 0.15) is 5.58 Å². The molecule has 1 N–H and O–H groups in total. The van der Waals surface area contributed by atoms with Gasteiger partial charge in [0.15, 0.2) is 11.6 Å². The summed E-state index contributed by atoms with van der Waals surface area (Å²) in [6.07, 6.45) is 3.31. The van der Waals surface area contributed by atoms with Crippen LogP contribution in [0.15, 0.2) is 59.3 Å². The van der Waals surface area contributed by atoms with E-state index in [4.69, 9.17) is 4.42 Å². The number of fused-ring (bicyclic) bond motifs is 2. The van der Waals surface area contributed by atoms with Crippen LogP contribution < -0.4 is 0 Å². The molecule has 5 heteroatoms. The number of allylic oxidation sites excluding steroid dienone is 2. The zero-order chi connectivity index (χ0) is 20.1. The summed E-state index contributed by atoms with van der Waals surface area (Å²) in [5, 5.41) is 1.80. The van der Waals surface area contributed by atoms with Crippen LogP contribution in [0, 0.1) is 0 Å². The number of hydrogen-bond donors (Lipinski definition) is 1. The van der Waals surface area contributed by atoms with Crippen LogP contribution >= 0.6 is 0 Å². The quantitative estimate of drug-likeness (QED) is 0.529. The minimum absolute atomic E-state index is 0.103. The van der Waals surface area contributed by atoms with Gasteiger partial charge < -0.3 is 14.3 Å². The summed E-state index contributed by atoms with van der Waals surface area (Å²) in [6.45, 7) is 0.780. The zero-order valence-electron chi connectivity index (χ0n) is 16.3. The molecule has 5 rings (SSSR count). The van der Waals surface area contributed by atoms with Gasteiger partial charge in [-0.05, 0) is 37.9 Å². The number of para-hydroxylation sites is 1. The molecule has 2 heterocycles. The van der Waals surface area contributed by atoms with Crippen LogP contribution in [0.5, 0.6) is 0 Å². The molecule has 0 atom stereocenters. The van der Waals surface area contributed by atoms with E-state index in [2.05, 4.69) is 9.88 Å². The number of Topliss-reactive ketones (excluding diaryl/α,β-unsaturated/α-hetero) is 2. The number of ketones is 2. The molecule has 2 aromatic carbocycles. The molecule has 144 valence electrons. The van der Waals surface area contributed by atoms with Crippen molar-refractivity contribution in [2.75, 3.05) is 14.1 Å². The van der Waals surface area contributed by atoms with Gasteiger partial charge in [0.05, 0.1) is 12.7 Å². The lowest BCUT2D eigenvalue weighted by Crippen LogP contribution is -2.10. The number of H-pyrrole nitrogens is 1. The van der Waals surface area contributed by atoms with Crippen molar-refractivity contribution in [1.82, 2.24) is 9.88 Å². The third-order valence-electron chi connectivity index (χ3n) is 5.39. The summed E-state index contributed by atoms with van der Waals surface area (Å²) in [7, 11) is 4.02. The lowest BCUT2D eigenvalue weighted by molar-refractivity contribution is -0.119. The van der Waals surface area contributed by atoms with Crippen molar-refractivity contribution in [3.63, 3.8) is 0 Å². The number of rotatable bonds is 4. The third kappa shape index (κ3) is 2.82. The summed E-state index contributed by atoms with van der Waals surface area (Å²) in [4.78, 5) is 31.0. The zero-order valence-corrected chi connectivity index (χ0v) is 16.3. The number of benzene rings is 2. The Morgan fingerprint density at radius 3 is 2.52 bits per heavy atom. The fourth-order valence-electron chi connectivity index (χ4n) is 4.18. The first-order valence-electron chi connectivity index (χ1n) is 9.55. The monoisotopic (exact) mass is 384 g/mol. The number of carbonyl (C=O) groups excluding carboxylic acids is 2. The lowest BCUT2D eigenvalue weighted by Gasteiger charge is -2.10. The smallest absolute Gasteiger partial charge is 0.172 e. The van der Waals surface area contributed by atoms with E-state index >= 15 is 0 Å². The van der Waals surface area contributed by atoms with E-state index in [-0.39, 0.29) is 18.0 Å². The van der Waals surface area contributed by atoms with Crippen molar-refractivity contribution < 1.29 is 14.0 Å². The first-order valence-corrected chi connectivity index (χ1v) is 9.55. The molecule has 29 heavy (non-hydrogen) atoms. The Kier molecular flexibility index (Phi) is 4.00. The van der Waals surface area contributed by atoms with Gasteiger partial charge >= 0.3 is 0 Å². The van der Waals surface area contributed by atoms with Crippen LogP contribution in [0.4, 0.5) is 0 Å². The van der Waals surface area contributed by atoms with Gasteiger partial charge in [-0.3, -0.25) is 9.59 Å². The van der Waals surface area contributed by atoms with E-state index in [1.54, 1.807) is 6.26 Å². The highest BCUT2D eigenvalue weighted by Gasteiger charge is 2.35. The molecule has 0 bridgehead atoms. The van der Waals surface area contributed by atoms with E-state index in [0.717, 1.165) is 34.0 Å². The van der Waals surface area contributed by atoms with Crippen molar-refractivity contribution in [1.29, 1.82) is 0 Å². The van der Waals surface area contributed by atoms with Crippen LogP contribution in [0.3, 0.4) is 0 Å². The fourth-order valence-corrected chi connectivity index (χ4v) is 4.18. The van der Waals surface area contributed by atoms with Crippen LogP contribution in [0.2, 0.25) is 0 Å². The van der Waals surface area contributed by atoms with E-state index < -0.39 is 0 Å². The largest absolute Gasteiger partial charge is 0.464 e. The van der Waals surface area contributed by atoms with Crippen molar-refractivity contribution >= 4 is 44.6 Å². The standard InChI is InChI=1S/C24H20N2O3/c1-26(2)12-14-7-8-22-16(9-14)18(13-29-22)24-21(28)10-20(27)23(24)17-11-25-19-6-4-3-5-15(17)19/h3-9,11,13,25H,10,12H2,1-2H3. The highest BCUT2D eigenvalue weighted by atomic mass is 16.3. The predicted molar refractivity (Wildman–Crippen MR) is 113 cm³/mol. The second-order valence-corrected chi connectivity index (χ2v) is 7.74. The molecule has 0 saturated carbocycles. The number of aromatic amines is 1. The minimum Gasteiger partial charge on any atom is -0.464 e. The number of nitrogens with one attached hydrogen (secondary N) is 1. The second kappa shape index (κ2) is 6.57. The van der Waals surface area contributed by atoms with Crippen molar-refractivity contribution in [2.45, 2.75) is 13.0 Å². The normalized spacial score (nSPS) is 14.9. The molecule has 0 unspecified atom stereocenters. The second-order valence-electron chi connectivity index (χ2n) is 7.74. The maximum atomic E-state index is 12.9. The van der Waals surface area contributed by atoms with Gasteiger partial charge in [-0.2, -0.15) is 0 Å². The fraction of sp³-hybridized carbons (Fsp3) is 0.167. The van der Waals surface area contributed by atoms with Crippen molar-refractivity contribution in [3.05, 3.63) is 71.6 Å². The highest BCUT2D eigenvalue weighted by Crippen LogP contribution is 2.41. The molecule has 1 aliphatic rings. The van der Waals surface area contributed by atoms with Gasteiger partial charge in [-0.25, -0.2) is 0 Å². The minimum atomic E-state index is -0.156. The van der Waals surface area contributed by atoms with Crippen LogP contribution in [-0.2, 0) is 16.1 Å². The lowest BCUT2D eigenvalue weighted by atomic mass is 9.95. The number of nitrogens with zero attached hydrogens (tertiary/aromatic N) is 1. The third-order valence-corrected chi connectivity index (χ3v) is 5.39. The summed E-state index contributed by atoms with van der Waals surface area (Å²) in [6, 6.07) is 13.8. The molecule has 4 aromatic rings. The summed E-state index contributed by atoms with van der Waals surface area (Å²) < 4.78 is 5.74. The number of furan rings is 1. The van der Waals surface area contributed by atoms with Crippen LogP contribution in [0.1, 0.15) is 23.1 Å². The molecule has 2 aromatic heterocycles. The molecule has 5 nitrogen and oxygen atoms in total.